The Morgan fingerprint density at radius 2 is 1.52 bits per heavy atom. The van der Waals surface area contributed by atoms with E-state index in [2.05, 4.69) is 0 Å². The van der Waals surface area contributed by atoms with Crippen LogP contribution in [0.25, 0.3) is 0 Å². The van der Waals surface area contributed by atoms with Gasteiger partial charge in [-0.3, -0.25) is 9.59 Å². The number of rotatable bonds is 3. The van der Waals surface area contributed by atoms with Crippen molar-refractivity contribution in [1.82, 2.24) is 0 Å². The average Bonchev–Trinajstić information content (AvgIpc) is 2.73. The number of benzene rings is 2. The molecule has 1 heterocycles. The molecule has 152 valence electrons. The number of aliphatic hydroxyl groups is 4. The summed E-state index contributed by atoms with van der Waals surface area (Å²) in [5, 5.41) is 49.6. The molecule has 1 fully saturated rings. The van der Waals surface area contributed by atoms with E-state index in [1.165, 1.54) is 24.3 Å². The third-order valence-corrected chi connectivity index (χ3v) is 5.12. The van der Waals surface area contributed by atoms with Crippen LogP contribution in [0.4, 0.5) is 0 Å². The summed E-state index contributed by atoms with van der Waals surface area (Å²) >= 11 is 0. The summed E-state index contributed by atoms with van der Waals surface area (Å²) in [4.78, 5) is 25.5. The van der Waals surface area contributed by atoms with Crippen LogP contribution in [-0.2, 0) is 4.74 Å². The number of aromatic hydroxyl groups is 1. The third-order valence-electron chi connectivity index (χ3n) is 5.12. The van der Waals surface area contributed by atoms with Gasteiger partial charge in [-0.2, -0.15) is 0 Å². The maximum absolute atomic E-state index is 12.8. The Morgan fingerprint density at radius 3 is 2.17 bits per heavy atom. The fraction of sp³-hybridized carbons (Fsp3) is 0.300. The van der Waals surface area contributed by atoms with Crippen LogP contribution in [0, 0.1) is 0 Å². The quantitative estimate of drug-likeness (QED) is 0.384. The zero-order valence-electron chi connectivity index (χ0n) is 14.9. The molecule has 1 aliphatic carbocycles. The van der Waals surface area contributed by atoms with Gasteiger partial charge < -0.3 is 35.0 Å². The molecular weight excluding hydrogens is 384 g/mol. The minimum atomic E-state index is -1.69. The number of ketones is 2. The third kappa shape index (κ3) is 3.00. The zero-order valence-corrected chi connectivity index (χ0v) is 14.9. The van der Waals surface area contributed by atoms with Crippen molar-refractivity contribution in [1.29, 1.82) is 0 Å². The highest BCUT2D eigenvalue weighted by Gasteiger charge is 2.45. The second kappa shape index (κ2) is 7.21. The maximum atomic E-state index is 12.8. The molecule has 9 heteroatoms. The minimum Gasteiger partial charge on any atom is -0.504 e. The normalized spacial score (nSPS) is 28.6. The molecule has 2 aliphatic rings. The van der Waals surface area contributed by atoms with Crippen molar-refractivity contribution in [2.45, 2.75) is 30.7 Å². The molecule has 0 radical (unpaired) electrons. The van der Waals surface area contributed by atoms with Gasteiger partial charge in [0.05, 0.1) is 12.2 Å². The summed E-state index contributed by atoms with van der Waals surface area (Å²) in [5.41, 5.74) is 0.139. The second-order valence-electron chi connectivity index (χ2n) is 6.85. The van der Waals surface area contributed by atoms with E-state index >= 15 is 0 Å². The Labute approximate surface area is 164 Å². The first kappa shape index (κ1) is 19.5. The Morgan fingerprint density at radius 1 is 0.862 bits per heavy atom. The average molecular weight is 402 g/mol. The van der Waals surface area contributed by atoms with Gasteiger partial charge in [-0.25, -0.2) is 0 Å². The zero-order chi connectivity index (χ0) is 20.9. The lowest BCUT2D eigenvalue weighted by atomic mass is 9.83. The molecule has 2 aromatic carbocycles. The molecule has 0 bridgehead atoms. The van der Waals surface area contributed by atoms with Gasteiger partial charge in [-0.1, -0.05) is 24.3 Å². The SMILES string of the molecule is O=C1c2ccccc2C(=O)c2c1ccc(O[C@@H]1O[C@H](CO)[C@@H](O)[C@H](O)[C@H]1O)c2O. The molecule has 1 saturated heterocycles. The molecule has 1 aliphatic heterocycles. The lowest BCUT2D eigenvalue weighted by Crippen LogP contribution is -2.60. The number of hydrogen-bond donors (Lipinski definition) is 5. The lowest BCUT2D eigenvalue weighted by Gasteiger charge is -2.39. The first-order valence-electron chi connectivity index (χ1n) is 8.86. The highest BCUT2D eigenvalue weighted by Crippen LogP contribution is 2.39. The first-order valence-corrected chi connectivity index (χ1v) is 8.86. The van der Waals surface area contributed by atoms with Crippen LogP contribution in [0.5, 0.6) is 11.5 Å². The van der Waals surface area contributed by atoms with Crippen LogP contribution in [0.1, 0.15) is 31.8 Å². The van der Waals surface area contributed by atoms with Gasteiger partial charge in [0.15, 0.2) is 23.1 Å². The fourth-order valence-electron chi connectivity index (χ4n) is 3.53. The first-order chi connectivity index (χ1) is 13.8. The van der Waals surface area contributed by atoms with Crippen molar-refractivity contribution in [3.63, 3.8) is 0 Å². The topological polar surface area (TPSA) is 154 Å². The summed E-state index contributed by atoms with van der Waals surface area (Å²) in [5.74, 6) is -1.88. The molecule has 2 aromatic rings. The van der Waals surface area contributed by atoms with Gasteiger partial charge in [0, 0.05) is 16.7 Å². The van der Waals surface area contributed by atoms with Gasteiger partial charge in [-0.15, -0.1) is 0 Å². The Balaban J connectivity index is 1.69. The molecule has 5 atom stereocenters. The van der Waals surface area contributed by atoms with E-state index in [1.807, 2.05) is 0 Å². The van der Waals surface area contributed by atoms with E-state index < -0.39 is 54.6 Å². The fourth-order valence-corrected chi connectivity index (χ4v) is 3.53. The van der Waals surface area contributed by atoms with E-state index in [1.54, 1.807) is 12.1 Å². The second-order valence-corrected chi connectivity index (χ2v) is 6.85. The Kier molecular flexibility index (Phi) is 4.85. The van der Waals surface area contributed by atoms with Crippen LogP contribution in [-0.4, -0.2) is 74.4 Å². The highest BCUT2D eigenvalue weighted by molar-refractivity contribution is 6.29. The minimum absolute atomic E-state index is 0.00681. The molecule has 0 spiro atoms. The number of phenolic OH excluding ortho intramolecular Hbond substituents is 1. The van der Waals surface area contributed by atoms with Crippen molar-refractivity contribution >= 4 is 11.6 Å². The number of fused-ring (bicyclic) bond motifs is 2. The Bertz CT molecular complexity index is 984. The molecule has 0 saturated carbocycles. The monoisotopic (exact) mass is 402 g/mol. The molecule has 9 nitrogen and oxygen atoms in total. The van der Waals surface area contributed by atoms with E-state index in [4.69, 9.17) is 9.47 Å². The van der Waals surface area contributed by atoms with Crippen LogP contribution < -0.4 is 4.74 Å². The van der Waals surface area contributed by atoms with Gasteiger partial charge in [0.2, 0.25) is 6.29 Å². The van der Waals surface area contributed by atoms with E-state index in [9.17, 15) is 35.1 Å². The molecule has 0 aromatic heterocycles. The van der Waals surface area contributed by atoms with Gasteiger partial charge in [0.1, 0.15) is 24.4 Å². The smallest absolute Gasteiger partial charge is 0.229 e. The van der Waals surface area contributed by atoms with Crippen molar-refractivity contribution in [2.75, 3.05) is 6.61 Å². The van der Waals surface area contributed by atoms with Crippen LogP contribution >= 0.6 is 0 Å². The largest absolute Gasteiger partial charge is 0.504 e. The number of ether oxygens (including phenoxy) is 2. The van der Waals surface area contributed by atoms with Crippen molar-refractivity contribution < 1.29 is 44.6 Å². The number of carbonyl (C=O) groups excluding carboxylic acids is 2. The van der Waals surface area contributed by atoms with Crippen LogP contribution in [0.3, 0.4) is 0 Å². The van der Waals surface area contributed by atoms with Gasteiger partial charge in [-0.05, 0) is 12.1 Å². The van der Waals surface area contributed by atoms with Crippen LogP contribution in [0.15, 0.2) is 36.4 Å². The predicted octanol–water partition coefficient (Wildman–Crippen LogP) is -0.654. The number of carbonyl (C=O) groups is 2. The summed E-state index contributed by atoms with van der Waals surface area (Å²) in [6.45, 7) is -0.648. The van der Waals surface area contributed by atoms with Crippen molar-refractivity contribution in [3.8, 4) is 11.5 Å². The highest BCUT2D eigenvalue weighted by atomic mass is 16.7. The summed E-state index contributed by atoms with van der Waals surface area (Å²) in [6, 6.07) is 8.77. The van der Waals surface area contributed by atoms with Gasteiger partial charge >= 0.3 is 0 Å². The molecular formula is C20H18O9. The molecule has 0 unspecified atom stereocenters. The Hall–Kier alpha value is -2.82. The summed E-state index contributed by atoms with van der Waals surface area (Å²) in [6.07, 6.45) is -7.67. The molecule has 5 N–H and O–H groups in total. The number of phenols is 1. The number of hydrogen-bond acceptors (Lipinski definition) is 9. The van der Waals surface area contributed by atoms with Gasteiger partial charge in [0.25, 0.3) is 0 Å². The molecule has 4 rings (SSSR count). The molecule has 29 heavy (non-hydrogen) atoms. The van der Waals surface area contributed by atoms with E-state index in [0.717, 1.165) is 0 Å². The van der Waals surface area contributed by atoms with E-state index in [0.29, 0.717) is 0 Å². The molecule has 0 amide bonds. The standard InChI is InChI=1S/C20H18O9/c21-7-12-17(25)18(26)19(27)20(29-12)28-11-6-5-10-13(16(11)24)15(23)9-4-2-1-3-8(9)14(10)22/h1-6,12,17-21,24-27H,7H2/t12-,17-,18+,19-,20-/m1/s1. The summed E-state index contributed by atoms with van der Waals surface area (Å²) in [7, 11) is 0. The van der Waals surface area contributed by atoms with Crippen molar-refractivity contribution in [2.24, 2.45) is 0 Å². The summed E-state index contributed by atoms with van der Waals surface area (Å²) < 4.78 is 10.7. The van der Waals surface area contributed by atoms with Crippen LogP contribution in [0.2, 0.25) is 0 Å². The van der Waals surface area contributed by atoms with Crippen molar-refractivity contribution in [3.05, 3.63) is 58.7 Å². The maximum Gasteiger partial charge on any atom is 0.229 e. The predicted molar refractivity (Wildman–Crippen MR) is 95.8 cm³/mol. The lowest BCUT2D eigenvalue weighted by molar-refractivity contribution is -0.277. The number of aliphatic hydroxyl groups excluding tert-OH is 4. The van der Waals surface area contributed by atoms with E-state index in [-0.39, 0.29) is 28.0 Å².